The average Bonchev–Trinajstić information content (AvgIpc) is 3.47. The van der Waals surface area contributed by atoms with Gasteiger partial charge in [-0.05, 0) is 29.3 Å². The topological polar surface area (TPSA) is 56.0 Å². The molecule has 0 aliphatic carbocycles. The monoisotopic (exact) mass is 501 g/mol. The van der Waals surface area contributed by atoms with E-state index in [0.29, 0.717) is 17.5 Å². The number of nitrogens with zero attached hydrogens (tertiary/aromatic N) is 5. The van der Waals surface area contributed by atoms with E-state index in [1.54, 1.807) is 0 Å². The van der Waals surface area contributed by atoms with Crippen molar-refractivity contribution in [1.82, 2.24) is 24.3 Å². The van der Waals surface area contributed by atoms with Gasteiger partial charge in [-0.2, -0.15) is 0 Å². The minimum absolute atomic E-state index is 0.622. The van der Waals surface area contributed by atoms with Crippen LogP contribution in [0.3, 0.4) is 0 Å². The Morgan fingerprint density at radius 1 is 0.385 bits per heavy atom. The number of hydrogen-bond donors (Lipinski definition) is 0. The second kappa shape index (κ2) is 9.80. The molecule has 0 aliphatic rings. The van der Waals surface area contributed by atoms with Crippen LogP contribution in [-0.4, -0.2) is 24.3 Å². The van der Waals surface area contributed by atoms with Gasteiger partial charge in [-0.25, -0.2) is 19.9 Å². The molecule has 0 bridgehead atoms. The highest BCUT2D eigenvalue weighted by Crippen LogP contribution is 2.29. The van der Waals surface area contributed by atoms with E-state index in [4.69, 9.17) is 19.9 Å². The van der Waals surface area contributed by atoms with Crippen molar-refractivity contribution in [3.63, 3.8) is 0 Å². The molecule has 0 amide bonds. The number of imidazole rings is 1. The predicted molar refractivity (Wildman–Crippen MR) is 156 cm³/mol. The van der Waals surface area contributed by atoms with Gasteiger partial charge in [-0.3, -0.25) is 0 Å². The van der Waals surface area contributed by atoms with E-state index in [1.165, 1.54) is 5.56 Å². The fraction of sp³-hybridized carbons (Fsp3) is 0. The van der Waals surface area contributed by atoms with Crippen molar-refractivity contribution in [2.75, 3.05) is 0 Å². The van der Waals surface area contributed by atoms with Gasteiger partial charge in [-0.1, -0.05) is 109 Å². The molecule has 7 rings (SSSR count). The van der Waals surface area contributed by atoms with Crippen LogP contribution in [0.4, 0.5) is 0 Å². The minimum Gasteiger partial charge on any atom is -0.306 e. The highest BCUT2D eigenvalue weighted by atomic mass is 15.0. The van der Waals surface area contributed by atoms with Crippen molar-refractivity contribution in [1.29, 1.82) is 0 Å². The third kappa shape index (κ3) is 4.58. The molecule has 0 radical (unpaired) electrons. The summed E-state index contributed by atoms with van der Waals surface area (Å²) in [4.78, 5) is 19.5. The molecule has 3 aromatic heterocycles. The summed E-state index contributed by atoms with van der Waals surface area (Å²) in [6.45, 7) is 0. The number of hydrogen-bond acceptors (Lipinski definition) is 4. The Balaban J connectivity index is 1.32. The van der Waals surface area contributed by atoms with Gasteiger partial charge < -0.3 is 4.40 Å². The number of rotatable bonds is 5. The summed E-state index contributed by atoms with van der Waals surface area (Å²) in [5.41, 5.74) is 7.93. The zero-order valence-corrected chi connectivity index (χ0v) is 21.0. The molecule has 0 saturated carbocycles. The quantitative estimate of drug-likeness (QED) is 0.241. The van der Waals surface area contributed by atoms with Gasteiger partial charge in [-0.15, -0.1) is 0 Å². The second-order valence-electron chi connectivity index (χ2n) is 9.29. The number of benzene rings is 4. The van der Waals surface area contributed by atoms with Gasteiger partial charge in [0.05, 0.1) is 5.69 Å². The van der Waals surface area contributed by atoms with E-state index in [1.807, 2.05) is 95.7 Å². The third-order valence-corrected chi connectivity index (χ3v) is 6.70. The number of pyridine rings is 1. The van der Waals surface area contributed by atoms with E-state index >= 15 is 0 Å². The van der Waals surface area contributed by atoms with Gasteiger partial charge >= 0.3 is 0 Å². The van der Waals surface area contributed by atoms with Gasteiger partial charge in [0.25, 0.3) is 0 Å². The van der Waals surface area contributed by atoms with Crippen LogP contribution in [0, 0.1) is 0 Å². The molecule has 0 saturated heterocycles. The molecule has 0 aliphatic heterocycles. The molecule has 0 unspecified atom stereocenters. The van der Waals surface area contributed by atoms with Crippen molar-refractivity contribution in [3.05, 3.63) is 140 Å². The van der Waals surface area contributed by atoms with Crippen molar-refractivity contribution in [2.24, 2.45) is 0 Å². The van der Waals surface area contributed by atoms with Gasteiger partial charge in [0, 0.05) is 34.6 Å². The highest BCUT2D eigenvalue weighted by Gasteiger charge is 2.14. The van der Waals surface area contributed by atoms with Crippen LogP contribution >= 0.6 is 0 Å². The van der Waals surface area contributed by atoms with Crippen LogP contribution in [0.1, 0.15) is 0 Å². The lowest BCUT2D eigenvalue weighted by Gasteiger charge is -2.10. The smallest absolute Gasteiger partial charge is 0.164 e. The molecule has 184 valence electrons. The molecular weight excluding hydrogens is 478 g/mol. The minimum atomic E-state index is 0.622. The standard InChI is InChI=1S/C34H23N5/c1-3-10-24(11-4-1)25-17-19-27(20-18-25)33-36-32(26-12-5-2-6-13-26)37-34(38-33)29-15-9-14-28(22-29)30-23-39-21-8-7-16-31(39)35-30/h1-23H. The summed E-state index contributed by atoms with van der Waals surface area (Å²) < 4.78 is 2.02. The summed E-state index contributed by atoms with van der Waals surface area (Å²) >= 11 is 0. The van der Waals surface area contributed by atoms with E-state index in [-0.39, 0.29) is 0 Å². The predicted octanol–water partition coefficient (Wildman–Crippen LogP) is 7.85. The Bertz CT molecular complexity index is 1860. The summed E-state index contributed by atoms with van der Waals surface area (Å²) in [6, 6.07) is 43.0. The second-order valence-corrected chi connectivity index (χ2v) is 9.29. The molecule has 3 heterocycles. The lowest BCUT2D eigenvalue weighted by molar-refractivity contribution is 1.07. The molecule has 0 spiro atoms. The maximum absolute atomic E-state index is 4.93. The molecule has 0 atom stereocenters. The fourth-order valence-corrected chi connectivity index (χ4v) is 4.68. The largest absolute Gasteiger partial charge is 0.306 e. The number of fused-ring (bicyclic) bond motifs is 1. The molecular formula is C34H23N5. The summed E-state index contributed by atoms with van der Waals surface area (Å²) in [7, 11) is 0. The van der Waals surface area contributed by atoms with E-state index in [0.717, 1.165) is 39.2 Å². The maximum Gasteiger partial charge on any atom is 0.164 e. The van der Waals surface area contributed by atoms with E-state index in [9.17, 15) is 0 Å². The van der Waals surface area contributed by atoms with Crippen molar-refractivity contribution in [2.45, 2.75) is 0 Å². The lowest BCUT2D eigenvalue weighted by atomic mass is 10.0. The van der Waals surface area contributed by atoms with E-state index in [2.05, 4.69) is 48.5 Å². The Labute approximate surface area is 226 Å². The molecule has 4 aromatic carbocycles. The normalized spacial score (nSPS) is 11.1. The molecule has 5 nitrogen and oxygen atoms in total. The zero-order valence-electron chi connectivity index (χ0n) is 21.0. The van der Waals surface area contributed by atoms with Crippen molar-refractivity contribution in [3.8, 4) is 56.5 Å². The summed E-state index contributed by atoms with van der Waals surface area (Å²) in [5.74, 6) is 1.90. The van der Waals surface area contributed by atoms with E-state index < -0.39 is 0 Å². The molecule has 0 N–H and O–H groups in total. The highest BCUT2D eigenvalue weighted by molar-refractivity contribution is 5.73. The Kier molecular flexibility index (Phi) is 5.72. The SMILES string of the molecule is c1ccc(-c2ccc(-c3nc(-c4ccccc4)nc(-c4cccc(-c5cn6ccccc6n5)c4)n3)cc2)cc1. The third-order valence-electron chi connectivity index (χ3n) is 6.70. The first-order chi connectivity index (χ1) is 19.3. The summed E-state index contributed by atoms with van der Waals surface area (Å²) in [6.07, 6.45) is 4.04. The first-order valence-electron chi connectivity index (χ1n) is 12.8. The Morgan fingerprint density at radius 3 is 1.59 bits per heavy atom. The summed E-state index contributed by atoms with van der Waals surface area (Å²) in [5, 5.41) is 0. The maximum atomic E-state index is 4.93. The first-order valence-corrected chi connectivity index (χ1v) is 12.8. The van der Waals surface area contributed by atoms with Crippen LogP contribution in [0.25, 0.3) is 62.2 Å². The Hall–Kier alpha value is -5.42. The lowest BCUT2D eigenvalue weighted by Crippen LogP contribution is -2.00. The zero-order chi connectivity index (χ0) is 26.0. The van der Waals surface area contributed by atoms with Crippen LogP contribution < -0.4 is 0 Å². The fourth-order valence-electron chi connectivity index (χ4n) is 4.68. The number of aromatic nitrogens is 5. The van der Waals surface area contributed by atoms with Gasteiger partial charge in [0.2, 0.25) is 0 Å². The van der Waals surface area contributed by atoms with Crippen LogP contribution in [0.5, 0.6) is 0 Å². The van der Waals surface area contributed by atoms with Gasteiger partial charge in [0.15, 0.2) is 17.5 Å². The van der Waals surface area contributed by atoms with Crippen LogP contribution in [0.2, 0.25) is 0 Å². The molecule has 39 heavy (non-hydrogen) atoms. The molecule has 7 aromatic rings. The first kappa shape index (κ1) is 22.8. The molecule has 0 fully saturated rings. The average molecular weight is 502 g/mol. The van der Waals surface area contributed by atoms with Gasteiger partial charge in [0.1, 0.15) is 5.65 Å². The molecule has 5 heteroatoms. The Morgan fingerprint density at radius 2 is 0.897 bits per heavy atom. The van der Waals surface area contributed by atoms with Crippen LogP contribution in [-0.2, 0) is 0 Å². The van der Waals surface area contributed by atoms with Crippen molar-refractivity contribution >= 4 is 5.65 Å². The van der Waals surface area contributed by atoms with Crippen molar-refractivity contribution < 1.29 is 0 Å². The van der Waals surface area contributed by atoms with Crippen LogP contribution in [0.15, 0.2) is 140 Å².